The van der Waals surface area contributed by atoms with Crippen molar-refractivity contribution >= 4 is 29.9 Å². The lowest BCUT2D eigenvalue weighted by Gasteiger charge is -2.25. The summed E-state index contributed by atoms with van der Waals surface area (Å²) in [4.78, 5) is 61.0. The fraction of sp³-hybridized carbons (Fsp3) is 0.593. The second-order valence-electron chi connectivity index (χ2n) is 10.8. The Morgan fingerprint density at radius 1 is 0.789 bits per heavy atom. The molecule has 0 unspecified atom stereocenters. The van der Waals surface area contributed by atoms with Crippen LogP contribution in [0.1, 0.15) is 79.2 Å². The normalized spacial score (nSPS) is 13.0. The molecule has 0 spiro atoms. The summed E-state index contributed by atoms with van der Waals surface area (Å²) in [5.41, 5.74) is -0.738. The number of benzene rings is 1. The van der Waals surface area contributed by atoms with Crippen LogP contribution in [0, 0.1) is 0 Å². The third kappa shape index (κ3) is 14.8. The molecule has 0 saturated carbocycles. The number of amides is 2. The van der Waals surface area contributed by atoms with Crippen molar-refractivity contribution < 1.29 is 43.3 Å². The van der Waals surface area contributed by atoms with Crippen molar-refractivity contribution in [3.63, 3.8) is 0 Å². The van der Waals surface area contributed by atoms with Crippen LogP contribution < -0.4 is 10.6 Å². The first-order valence-corrected chi connectivity index (χ1v) is 12.5. The Labute approximate surface area is 223 Å². The summed E-state index contributed by atoms with van der Waals surface area (Å²) in [5, 5.41) is 14.2. The molecule has 0 heterocycles. The van der Waals surface area contributed by atoms with Gasteiger partial charge < -0.3 is 30.0 Å². The van der Waals surface area contributed by atoms with E-state index in [4.69, 9.17) is 14.2 Å². The second kappa shape index (κ2) is 14.9. The summed E-state index contributed by atoms with van der Waals surface area (Å²) in [5.74, 6) is -3.13. The Balaban J connectivity index is 2.65. The van der Waals surface area contributed by atoms with Gasteiger partial charge >= 0.3 is 29.9 Å². The molecule has 0 radical (unpaired) electrons. The van der Waals surface area contributed by atoms with Gasteiger partial charge in [-0.2, -0.15) is 0 Å². The number of carboxylic acids is 1. The molecule has 1 aromatic rings. The average Bonchev–Trinajstić information content (AvgIpc) is 2.78. The summed E-state index contributed by atoms with van der Waals surface area (Å²) in [6.45, 7) is 10.2. The number of aliphatic carboxylic acids is 1. The van der Waals surface area contributed by atoms with Crippen LogP contribution in [0.5, 0.6) is 0 Å². The molecule has 11 heteroatoms. The first-order valence-electron chi connectivity index (χ1n) is 12.5. The molecule has 0 aliphatic heterocycles. The minimum atomic E-state index is -1.32. The van der Waals surface area contributed by atoms with Crippen molar-refractivity contribution in [2.75, 3.05) is 0 Å². The van der Waals surface area contributed by atoms with E-state index in [0.717, 1.165) is 5.56 Å². The maximum atomic E-state index is 12.6. The maximum absolute atomic E-state index is 12.6. The average molecular weight is 537 g/mol. The molecular formula is C27H40N2O9. The van der Waals surface area contributed by atoms with E-state index < -0.39 is 53.2 Å². The first-order chi connectivity index (χ1) is 17.6. The van der Waals surface area contributed by atoms with Crippen LogP contribution in [0.4, 0.5) is 4.79 Å². The van der Waals surface area contributed by atoms with Gasteiger partial charge in [0.2, 0.25) is 0 Å². The number of urea groups is 1. The van der Waals surface area contributed by atoms with Crippen LogP contribution in [-0.4, -0.2) is 58.3 Å². The lowest BCUT2D eigenvalue weighted by Crippen LogP contribution is -2.52. The highest BCUT2D eigenvalue weighted by Gasteiger charge is 2.29. The lowest BCUT2D eigenvalue weighted by molar-refractivity contribution is -0.158. The zero-order chi connectivity index (χ0) is 28.9. The van der Waals surface area contributed by atoms with Crippen LogP contribution in [0.3, 0.4) is 0 Å². The van der Waals surface area contributed by atoms with E-state index in [9.17, 15) is 29.1 Å². The summed E-state index contributed by atoms with van der Waals surface area (Å²) < 4.78 is 15.7. The quantitative estimate of drug-likeness (QED) is 0.253. The van der Waals surface area contributed by atoms with Gasteiger partial charge in [0.25, 0.3) is 0 Å². The highest BCUT2D eigenvalue weighted by Crippen LogP contribution is 2.14. The van der Waals surface area contributed by atoms with Crippen molar-refractivity contribution in [1.29, 1.82) is 0 Å². The van der Waals surface area contributed by atoms with E-state index in [1.54, 1.807) is 41.5 Å². The number of hydrogen-bond donors (Lipinski definition) is 3. The Bertz CT molecular complexity index is 950. The number of carbonyl (C=O) groups excluding carboxylic acids is 4. The molecule has 2 amide bonds. The van der Waals surface area contributed by atoms with Crippen molar-refractivity contribution in [1.82, 2.24) is 10.6 Å². The molecular weight excluding hydrogens is 496 g/mol. The van der Waals surface area contributed by atoms with Gasteiger partial charge in [-0.05, 0) is 66.4 Å². The second-order valence-corrected chi connectivity index (χ2v) is 10.8. The number of esters is 3. The number of carboxylic acid groups (broad SMARTS) is 1. The third-order valence-corrected chi connectivity index (χ3v) is 4.77. The topological polar surface area (TPSA) is 157 Å². The Kier molecular flexibility index (Phi) is 12.7. The largest absolute Gasteiger partial charge is 0.480 e. The van der Waals surface area contributed by atoms with E-state index >= 15 is 0 Å². The van der Waals surface area contributed by atoms with Gasteiger partial charge in [0, 0.05) is 12.8 Å². The van der Waals surface area contributed by atoms with Crippen molar-refractivity contribution in [3.8, 4) is 0 Å². The van der Waals surface area contributed by atoms with Gasteiger partial charge in [-0.15, -0.1) is 0 Å². The van der Waals surface area contributed by atoms with Gasteiger partial charge in [-0.1, -0.05) is 30.3 Å². The van der Waals surface area contributed by atoms with Crippen LogP contribution in [0.2, 0.25) is 0 Å². The number of ether oxygens (including phenoxy) is 3. The Hall–Kier alpha value is -3.63. The van der Waals surface area contributed by atoms with Crippen molar-refractivity contribution in [3.05, 3.63) is 35.9 Å². The van der Waals surface area contributed by atoms with Crippen LogP contribution >= 0.6 is 0 Å². The van der Waals surface area contributed by atoms with Gasteiger partial charge in [-0.25, -0.2) is 14.4 Å². The number of rotatable bonds is 13. The van der Waals surface area contributed by atoms with Gasteiger partial charge in [0.15, 0.2) is 0 Å². The SMILES string of the molecule is CC(C)(C)OC(=O)CC[C@H](NC(=O)N[C@@H](CCCC(=O)OCc1ccccc1)C(=O)O)C(=O)OC(C)(C)C. The van der Waals surface area contributed by atoms with Gasteiger partial charge in [0.05, 0.1) is 0 Å². The molecule has 1 rings (SSSR count). The molecule has 212 valence electrons. The molecule has 2 atom stereocenters. The Morgan fingerprint density at radius 2 is 1.37 bits per heavy atom. The maximum Gasteiger partial charge on any atom is 0.329 e. The van der Waals surface area contributed by atoms with E-state index in [1.165, 1.54) is 0 Å². The zero-order valence-electron chi connectivity index (χ0n) is 23.0. The number of hydrogen-bond acceptors (Lipinski definition) is 8. The van der Waals surface area contributed by atoms with Crippen molar-refractivity contribution in [2.45, 2.75) is 104 Å². The minimum Gasteiger partial charge on any atom is -0.480 e. The molecule has 0 aromatic heterocycles. The molecule has 1 aromatic carbocycles. The van der Waals surface area contributed by atoms with Gasteiger partial charge in [0.1, 0.15) is 29.9 Å². The molecule has 0 aliphatic rings. The molecule has 0 aliphatic carbocycles. The molecule has 0 bridgehead atoms. The smallest absolute Gasteiger partial charge is 0.329 e. The first kappa shape index (κ1) is 32.4. The Morgan fingerprint density at radius 3 is 1.92 bits per heavy atom. The van der Waals surface area contributed by atoms with Gasteiger partial charge in [-0.3, -0.25) is 9.59 Å². The predicted molar refractivity (Wildman–Crippen MR) is 138 cm³/mol. The molecule has 0 fully saturated rings. The fourth-order valence-electron chi connectivity index (χ4n) is 3.15. The predicted octanol–water partition coefficient (Wildman–Crippen LogP) is 3.48. The van der Waals surface area contributed by atoms with E-state index in [0.29, 0.717) is 0 Å². The lowest BCUT2D eigenvalue weighted by atomic mass is 10.1. The van der Waals surface area contributed by atoms with Crippen LogP contribution in [0.25, 0.3) is 0 Å². The summed E-state index contributed by atoms with van der Waals surface area (Å²) in [6, 6.07) is 5.65. The highest BCUT2D eigenvalue weighted by molar-refractivity contribution is 5.87. The monoisotopic (exact) mass is 536 g/mol. The summed E-state index contributed by atoms with van der Waals surface area (Å²) in [6.07, 6.45) is -0.204. The summed E-state index contributed by atoms with van der Waals surface area (Å²) in [7, 11) is 0. The third-order valence-electron chi connectivity index (χ3n) is 4.77. The number of carbonyl (C=O) groups is 5. The molecule has 3 N–H and O–H groups in total. The summed E-state index contributed by atoms with van der Waals surface area (Å²) >= 11 is 0. The fourth-order valence-corrected chi connectivity index (χ4v) is 3.15. The van der Waals surface area contributed by atoms with E-state index in [-0.39, 0.29) is 38.7 Å². The van der Waals surface area contributed by atoms with E-state index in [2.05, 4.69) is 10.6 Å². The number of nitrogens with one attached hydrogen (secondary N) is 2. The highest BCUT2D eigenvalue weighted by atomic mass is 16.6. The molecule has 38 heavy (non-hydrogen) atoms. The van der Waals surface area contributed by atoms with E-state index in [1.807, 2.05) is 30.3 Å². The minimum absolute atomic E-state index is 0.0314. The van der Waals surface area contributed by atoms with Crippen molar-refractivity contribution in [2.24, 2.45) is 0 Å². The molecule has 0 saturated heterocycles. The molecule has 11 nitrogen and oxygen atoms in total. The zero-order valence-corrected chi connectivity index (χ0v) is 23.0. The standard InChI is InChI=1S/C27H40N2O9/c1-26(2,3)37-22(31)16-15-20(24(34)38-27(4,5)6)29-25(35)28-19(23(32)33)13-10-14-21(30)36-17-18-11-8-7-9-12-18/h7-9,11-12,19-20H,10,13-17H2,1-6H3,(H,32,33)(H2,28,29,35)/t19-,20-/m0/s1. The van der Waals surface area contributed by atoms with Crippen LogP contribution in [-0.2, 0) is 40.0 Å². The van der Waals surface area contributed by atoms with Crippen LogP contribution in [0.15, 0.2) is 30.3 Å².